The summed E-state index contributed by atoms with van der Waals surface area (Å²) < 4.78 is 13.6. The highest BCUT2D eigenvalue weighted by molar-refractivity contribution is 5.36. The number of isocyanates is 1. The van der Waals surface area contributed by atoms with E-state index in [0.29, 0.717) is 11.5 Å². The molecule has 16 heavy (non-hydrogen) atoms. The van der Waals surface area contributed by atoms with Gasteiger partial charge in [-0.1, -0.05) is 31.0 Å². The van der Waals surface area contributed by atoms with E-state index in [9.17, 15) is 9.18 Å². The quantitative estimate of drug-likeness (QED) is 0.566. The first-order valence-electron chi connectivity index (χ1n) is 5.64. The summed E-state index contributed by atoms with van der Waals surface area (Å²) in [5, 5.41) is 0. The third-order valence-electron chi connectivity index (χ3n) is 3.26. The summed E-state index contributed by atoms with van der Waals surface area (Å²) in [5.41, 5.74) is 0.526. The summed E-state index contributed by atoms with van der Waals surface area (Å²) >= 11 is 0. The minimum Gasteiger partial charge on any atom is -0.211 e. The molecule has 0 heterocycles. The van der Waals surface area contributed by atoms with Gasteiger partial charge in [-0.25, -0.2) is 9.18 Å². The molecule has 0 bridgehead atoms. The van der Waals surface area contributed by atoms with Gasteiger partial charge in [0.15, 0.2) is 0 Å². The van der Waals surface area contributed by atoms with Crippen molar-refractivity contribution in [1.29, 1.82) is 0 Å². The average Bonchev–Trinajstić information content (AvgIpc) is 2.80. The van der Waals surface area contributed by atoms with Crippen LogP contribution in [0.25, 0.3) is 0 Å². The standard InChI is InChI=1S/C13H14FNO/c14-12-8-4-3-7-11(12)13(15-9-16)10-5-1-2-6-10/h3-4,7-8,10,13H,1-2,5-6H2. The lowest BCUT2D eigenvalue weighted by Gasteiger charge is -2.18. The van der Waals surface area contributed by atoms with E-state index in [1.54, 1.807) is 24.3 Å². The SMILES string of the molecule is O=C=NC(c1ccccc1F)C1CCCC1. The minimum atomic E-state index is -0.346. The van der Waals surface area contributed by atoms with Crippen molar-refractivity contribution in [3.63, 3.8) is 0 Å². The predicted octanol–water partition coefficient (Wildman–Crippen LogP) is 3.39. The summed E-state index contributed by atoms with van der Waals surface area (Å²) in [6.07, 6.45) is 5.90. The van der Waals surface area contributed by atoms with Crippen LogP contribution < -0.4 is 0 Å². The Labute approximate surface area is 94.2 Å². The van der Waals surface area contributed by atoms with Crippen LogP contribution in [-0.2, 0) is 4.79 Å². The molecular weight excluding hydrogens is 205 g/mol. The molecule has 0 aliphatic heterocycles. The largest absolute Gasteiger partial charge is 0.235 e. The van der Waals surface area contributed by atoms with Crippen LogP contribution in [0.2, 0.25) is 0 Å². The number of benzene rings is 1. The molecular formula is C13H14FNO. The second kappa shape index (κ2) is 5.04. The van der Waals surface area contributed by atoms with Gasteiger partial charge < -0.3 is 0 Å². The second-order valence-electron chi connectivity index (χ2n) is 4.23. The van der Waals surface area contributed by atoms with E-state index < -0.39 is 0 Å². The number of hydrogen-bond donors (Lipinski definition) is 0. The lowest BCUT2D eigenvalue weighted by molar-refractivity contribution is 0.427. The lowest BCUT2D eigenvalue weighted by atomic mass is 9.92. The number of aliphatic imine (C=N–C) groups is 1. The Balaban J connectivity index is 2.31. The highest BCUT2D eigenvalue weighted by Crippen LogP contribution is 2.38. The van der Waals surface area contributed by atoms with E-state index in [1.807, 2.05) is 0 Å². The van der Waals surface area contributed by atoms with Crippen molar-refractivity contribution in [3.05, 3.63) is 35.6 Å². The molecule has 1 fully saturated rings. The summed E-state index contributed by atoms with van der Waals surface area (Å²) in [7, 11) is 0. The summed E-state index contributed by atoms with van der Waals surface area (Å²) in [5.74, 6) is 0.0109. The Morgan fingerprint density at radius 1 is 1.31 bits per heavy atom. The molecule has 1 aliphatic rings. The lowest BCUT2D eigenvalue weighted by Crippen LogP contribution is -2.09. The van der Waals surface area contributed by atoms with Crippen molar-refractivity contribution in [2.45, 2.75) is 31.7 Å². The van der Waals surface area contributed by atoms with E-state index in [0.717, 1.165) is 25.7 Å². The zero-order valence-corrected chi connectivity index (χ0v) is 9.03. The van der Waals surface area contributed by atoms with Crippen LogP contribution in [0.1, 0.15) is 37.3 Å². The van der Waals surface area contributed by atoms with E-state index in [4.69, 9.17) is 0 Å². The normalized spacial score (nSPS) is 18.1. The summed E-state index contributed by atoms with van der Waals surface area (Å²) in [6.45, 7) is 0. The highest BCUT2D eigenvalue weighted by Gasteiger charge is 2.27. The van der Waals surface area contributed by atoms with Gasteiger partial charge in [-0.3, -0.25) is 0 Å². The van der Waals surface area contributed by atoms with Crippen LogP contribution in [0.4, 0.5) is 4.39 Å². The smallest absolute Gasteiger partial charge is 0.211 e. The number of nitrogens with zero attached hydrogens (tertiary/aromatic N) is 1. The zero-order valence-electron chi connectivity index (χ0n) is 9.03. The number of halogens is 1. The summed E-state index contributed by atoms with van der Waals surface area (Å²) in [4.78, 5) is 14.2. The average molecular weight is 219 g/mol. The Kier molecular flexibility index (Phi) is 3.47. The van der Waals surface area contributed by atoms with Crippen LogP contribution in [-0.4, -0.2) is 6.08 Å². The Morgan fingerprint density at radius 3 is 2.62 bits per heavy atom. The van der Waals surface area contributed by atoms with Crippen LogP contribution in [0.15, 0.2) is 29.3 Å². The van der Waals surface area contributed by atoms with Crippen molar-refractivity contribution < 1.29 is 9.18 Å². The van der Waals surface area contributed by atoms with Gasteiger partial charge in [-0.2, -0.15) is 4.99 Å². The summed E-state index contributed by atoms with van der Waals surface area (Å²) in [6, 6.07) is 6.20. The van der Waals surface area contributed by atoms with Gasteiger partial charge in [0.2, 0.25) is 6.08 Å². The fourth-order valence-electron chi connectivity index (χ4n) is 2.47. The van der Waals surface area contributed by atoms with E-state index in [2.05, 4.69) is 4.99 Å². The Morgan fingerprint density at radius 2 is 2.00 bits per heavy atom. The molecule has 1 saturated carbocycles. The maximum Gasteiger partial charge on any atom is 0.235 e. The molecule has 1 unspecified atom stereocenters. The van der Waals surface area contributed by atoms with E-state index in [1.165, 1.54) is 6.07 Å². The van der Waals surface area contributed by atoms with Gasteiger partial charge in [-0.05, 0) is 24.8 Å². The van der Waals surface area contributed by atoms with E-state index in [-0.39, 0.29) is 11.9 Å². The fraction of sp³-hybridized carbons (Fsp3) is 0.462. The monoisotopic (exact) mass is 219 g/mol. The first-order chi connectivity index (χ1) is 7.83. The number of carbonyl (C=O) groups excluding carboxylic acids is 1. The van der Waals surface area contributed by atoms with Crippen molar-refractivity contribution >= 4 is 6.08 Å². The van der Waals surface area contributed by atoms with Crippen LogP contribution >= 0.6 is 0 Å². The molecule has 3 heteroatoms. The zero-order chi connectivity index (χ0) is 11.4. The Bertz CT molecular complexity index is 406. The van der Waals surface area contributed by atoms with Gasteiger partial charge in [-0.15, -0.1) is 0 Å². The molecule has 0 aromatic heterocycles. The third-order valence-corrected chi connectivity index (χ3v) is 3.26. The topological polar surface area (TPSA) is 29.4 Å². The van der Waals surface area contributed by atoms with Gasteiger partial charge >= 0.3 is 0 Å². The molecule has 0 N–H and O–H groups in total. The van der Waals surface area contributed by atoms with Crippen molar-refractivity contribution in [2.75, 3.05) is 0 Å². The maximum absolute atomic E-state index is 13.6. The van der Waals surface area contributed by atoms with Crippen molar-refractivity contribution in [3.8, 4) is 0 Å². The Hall–Kier alpha value is -1.47. The fourth-order valence-corrected chi connectivity index (χ4v) is 2.47. The van der Waals surface area contributed by atoms with Gasteiger partial charge in [0.1, 0.15) is 5.82 Å². The van der Waals surface area contributed by atoms with Crippen molar-refractivity contribution in [1.82, 2.24) is 0 Å². The predicted molar refractivity (Wildman–Crippen MR) is 59.2 cm³/mol. The molecule has 1 aliphatic carbocycles. The van der Waals surface area contributed by atoms with E-state index >= 15 is 0 Å². The second-order valence-corrected chi connectivity index (χ2v) is 4.23. The molecule has 1 aromatic rings. The molecule has 84 valence electrons. The van der Waals surface area contributed by atoms with Crippen molar-refractivity contribution in [2.24, 2.45) is 10.9 Å². The van der Waals surface area contributed by atoms with Gasteiger partial charge in [0.25, 0.3) is 0 Å². The number of hydrogen-bond acceptors (Lipinski definition) is 2. The first kappa shape index (κ1) is 11.0. The molecule has 0 spiro atoms. The minimum absolute atomic E-state index is 0.279. The first-order valence-corrected chi connectivity index (χ1v) is 5.64. The highest BCUT2D eigenvalue weighted by atomic mass is 19.1. The van der Waals surface area contributed by atoms with Crippen LogP contribution in [0.5, 0.6) is 0 Å². The molecule has 0 amide bonds. The van der Waals surface area contributed by atoms with Gasteiger partial charge in [0, 0.05) is 5.56 Å². The molecule has 2 nitrogen and oxygen atoms in total. The third kappa shape index (κ3) is 2.20. The van der Waals surface area contributed by atoms with Gasteiger partial charge in [0.05, 0.1) is 6.04 Å². The molecule has 2 rings (SSSR count). The maximum atomic E-state index is 13.6. The molecule has 1 atom stereocenters. The molecule has 0 radical (unpaired) electrons. The van der Waals surface area contributed by atoms with Crippen LogP contribution in [0.3, 0.4) is 0 Å². The van der Waals surface area contributed by atoms with Crippen LogP contribution in [0, 0.1) is 11.7 Å². The molecule has 1 aromatic carbocycles. The number of rotatable bonds is 3. The molecule has 0 saturated heterocycles.